The zero-order chi connectivity index (χ0) is 9.36. The molecule has 5 nitrogen and oxygen atoms in total. The van der Waals surface area contributed by atoms with Crippen LogP contribution in [0.3, 0.4) is 0 Å². The van der Waals surface area contributed by atoms with Crippen molar-refractivity contribution < 1.29 is 9.47 Å². The SMILES string of the molecule is C1COCCN1.NN1CCOCC1. The molecule has 3 N–H and O–H groups in total. The molecule has 13 heavy (non-hydrogen) atoms. The molecule has 0 spiro atoms. The number of rotatable bonds is 0. The highest BCUT2D eigenvalue weighted by molar-refractivity contribution is 4.51. The maximum Gasteiger partial charge on any atom is 0.0608 e. The van der Waals surface area contributed by atoms with E-state index in [4.69, 9.17) is 15.3 Å². The third-order valence-corrected chi connectivity index (χ3v) is 1.89. The number of nitrogens with zero attached hydrogens (tertiary/aromatic N) is 1. The Labute approximate surface area is 79.1 Å². The molecule has 2 saturated heterocycles. The molecular formula is C8H19N3O2. The molecule has 2 heterocycles. The minimum atomic E-state index is 0.788. The van der Waals surface area contributed by atoms with Gasteiger partial charge in [0.15, 0.2) is 0 Å². The van der Waals surface area contributed by atoms with Gasteiger partial charge in [-0.05, 0) is 0 Å². The zero-order valence-corrected chi connectivity index (χ0v) is 8.00. The molecule has 0 unspecified atom stereocenters. The van der Waals surface area contributed by atoms with Crippen LogP contribution in [-0.4, -0.2) is 57.6 Å². The molecule has 0 aliphatic carbocycles. The number of hydrogen-bond donors (Lipinski definition) is 2. The fourth-order valence-electron chi connectivity index (χ4n) is 1.09. The lowest BCUT2D eigenvalue weighted by atomic mass is 10.5. The second-order valence-electron chi connectivity index (χ2n) is 3.01. The highest BCUT2D eigenvalue weighted by atomic mass is 16.5. The predicted octanol–water partition coefficient (Wildman–Crippen LogP) is -1.20. The van der Waals surface area contributed by atoms with Crippen molar-refractivity contribution >= 4 is 0 Å². The van der Waals surface area contributed by atoms with Crippen LogP contribution in [0.2, 0.25) is 0 Å². The van der Waals surface area contributed by atoms with E-state index >= 15 is 0 Å². The Morgan fingerprint density at radius 2 is 1.46 bits per heavy atom. The largest absolute Gasteiger partial charge is 0.379 e. The van der Waals surface area contributed by atoms with Gasteiger partial charge in [0, 0.05) is 26.2 Å². The average molecular weight is 189 g/mol. The molecule has 0 bridgehead atoms. The van der Waals surface area contributed by atoms with Gasteiger partial charge < -0.3 is 14.8 Å². The molecule has 0 aromatic rings. The number of hydrogen-bond acceptors (Lipinski definition) is 5. The standard InChI is InChI=1S/C4H10N2O.C4H9NO/c5-6-1-3-7-4-2-6;1-3-6-4-2-5-1/h1-5H2;5H,1-4H2. The molecule has 2 aliphatic heterocycles. The van der Waals surface area contributed by atoms with Crippen LogP contribution in [0.1, 0.15) is 0 Å². The van der Waals surface area contributed by atoms with Crippen LogP contribution >= 0.6 is 0 Å². The highest BCUT2D eigenvalue weighted by Gasteiger charge is 2.02. The van der Waals surface area contributed by atoms with Crippen LogP contribution in [0.4, 0.5) is 0 Å². The first kappa shape index (κ1) is 10.9. The minimum absolute atomic E-state index is 0.788. The summed E-state index contributed by atoms with van der Waals surface area (Å²) in [4.78, 5) is 0. The van der Waals surface area contributed by atoms with Crippen LogP contribution in [0.5, 0.6) is 0 Å². The summed E-state index contributed by atoms with van der Waals surface area (Å²) in [6, 6.07) is 0. The van der Waals surface area contributed by atoms with Gasteiger partial charge in [-0.25, -0.2) is 5.01 Å². The van der Waals surface area contributed by atoms with Gasteiger partial charge in [-0.2, -0.15) is 0 Å². The Morgan fingerprint density at radius 1 is 0.923 bits per heavy atom. The monoisotopic (exact) mass is 189 g/mol. The molecule has 2 fully saturated rings. The molecule has 2 rings (SSSR count). The quantitative estimate of drug-likeness (QED) is 0.469. The second-order valence-corrected chi connectivity index (χ2v) is 3.01. The number of morpholine rings is 2. The summed E-state index contributed by atoms with van der Waals surface area (Å²) in [5.41, 5.74) is 0. The minimum Gasteiger partial charge on any atom is -0.379 e. The zero-order valence-electron chi connectivity index (χ0n) is 8.00. The lowest BCUT2D eigenvalue weighted by Crippen LogP contribution is -2.41. The van der Waals surface area contributed by atoms with E-state index in [1.54, 1.807) is 5.01 Å². The molecular weight excluding hydrogens is 170 g/mol. The van der Waals surface area contributed by atoms with Gasteiger partial charge in [-0.15, -0.1) is 0 Å². The lowest BCUT2D eigenvalue weighted by molar-refractivity contribution is 0.0378. The van der Waals surface area contributed by atoms with Crippen LogP contribution < -0.4 is 11.2 Å². The van der Waals surface area contributed by atoms with E-state index in [0.29, 0.717) is 0 Å². The van der Waals surface area contributed by atoms with E-state index in [1.807, 2.05) is 0 Å². The number of ether oxygens (including phenoxy) is 2. The van der Waals surface area contributed by atoms with Crippen molar-refractivity contribution in [3.63, 3.8) is 0 Å². The maximum absolute atomic E-state index is 5.39. The summed E-state index contributed by atoms with van der Waals surface area (Å²) in [7, 11) is 0. The first-order valence-electron chi connectivity index (χ1n) is 4.75. The van der Waals surface area contributed by atoms with Crippen molar-refractivity contribution in [2.24, 2.45) is 5.84 Å². The summed E-state index contributed by atoms with van der Waals surface area (Å²) in [5, 5.41) is 4.93. The van der Waals surface area contributed by atoms with E-state index in [1.165, 1.54) is 0 Å². The van der Waals surface area contributed by atoms with Crippen molar-refractivity contribution in [3.8, 4) is 0 Å². The topological polar surface area (TPSA) is 59.8 Å². The lowest BCUT2D eigenvalue weighted by Gasteiger charge is -2.20. The molecule has 78 valence electrons. The Hall–Kier alpha value is -0.200. The van der Waals surface area contributed by atoms with Crippen LogP contribution in [0, 0.1) is 0 Å². The molecule has 0 radical (unpaired) electrons. The Kier molecular flexibility index (Phi) is 6.05. The number of nitrogens with one attached hydrogen (secondary N) is 1. The molecule has 0 saturated carbocycles. The van der Waals surface area contributed by atoms with Gasteiger partial charge in [-0.3, -0.25) is 5.84 Å². The van der Waals surface area contributed by atoms with Crippen molar-refractivity contribution in [1.82, 2.24) is 10.3 Å². The first-order chi connectivity index (χ1) is 6.39. The fourth-order valence-corrected chi connectivity index (χ4v) is 1.09. The van der Waals surface area contributed by atoms with Gasteiger partial charge in [0.1, 0.15) is 0 Å². The van der Waals surface area contributed by atoms with Crippen LogP contribution in [0.15, 0.2) is 0 Å². The van der Waals surface area contributed by atoms with E-state index in [-0.39, 0.29) is 0 Å². The van der Waals surface area contributed by atoms with Gasteiger partial charge in [-0.1, -0.05) is 0 Å². The second kappa shape index (κ2) is 7.23. The molecule has 0 aromatic heterocycles. The molecule has 0 aromatic carbocycles. The molecule has 0 amide bonds. The summed E-state index contributed by atoms with van der Waals surface area (Å²) in [5.74, 6) is 5.39. The summed E-state index contributed by atoms with van der Waals surface area (Å²) >= 11 is 0. The third kappa shape index (κ3) is 5.95. The van der Waals surface area contributed by atoms with Crippen LogP contribution in [-0.2, 0) is 9.47 Å². The van der Waals surface area contributed by atoms with Gasteiger partial charge in [0.2, 0.25) is 0 Å². The maximum atomic E-state index is 5.39. The summed E-state index contributed by atoms with van der Waals surface area (Å²) < 4.78 is 10.0. The fraction of sp³-hybridized carbons (Fsp3) is 1.00. The van der Waals surface area contributed by atoms with Gasteiger partial charge >= 0.3 is 0 Å². The number of nitrogens with two attached hydrogens (primary N) is 1. The van der Waals surface area contributed by atoms with E-state index < -0.39 is 0 Å². The van der Waals surface area contributed by atoms with E-state index in [9.17, 15) is 0 Å². The summed E-state index contributed by atoms with van der Waals surface area (Å²) in [6.07, 6.45) is 0. The van der Waals surface area contributed by atoms with Gasteiger partial charge in [0.25, 0.3) is 0 Å². The Morgan fingerprint density at radius 3 is 1.69 bits per heavy atom. The third-order valence-electron chi connectivity index (χ3n) is 1.89. The van der Waals surface area contributed by atoms with Crippen molar-refractivity contribution in [2.45, 2.75) is 0 Å². The van der Waals surface area contributed by atoms with Crippen molar-refractivity contribution in [1.29, 1.82) is 0 Å². The predicted molar refractivity (Wildman–Crippen MR) is 50.3 cm³/mol. The molecule has 5 heteroatoms. The Bertz CT molecular complexity index is 102. The van der Waals surface area contributed by atoms with Crippen LogP contribution in [0.25, 0.3) is 0 Å². The normalized spacial score (nSPS) is 24.7. The van der Waals surface area contributed by atoms with Crippen molar-refractivity contribution in [3.05, 3.63) is 0 Å². The van der Waals surface area contributed by atoms with E-state index in [2.05, 4.69) is 5.32 Å². The Balaban J connectivity index is 0.000000132. The average Bonchev–Trinajstić information content (AvgIpc) is 2.22. The summed E-state index contributed by atoms with van der Waals surface area (Å²) in [6.45, 7) is 7.16. The smallest absolute Gasteiger partial charge is 0.0608 e. The number of hydrazine groups is 1. The first-order valence-corrected chi connectivity index (χ1v) is 4.75. The van der Waals surface area contributed by atoms with Crippen molar-refractivity contribution in [2.75, 3.05) is 52.6 Å². The highest BCUT2D eigenvalue weighted by Crippen LogP contribution is 1.86. The molecule has 2 aliphatic rings. The van der Waals surface area contributed by atoms with E-state index in [0.717, 1.165) is 52.6 Å². The molecule has 0 atom stereocenters. The van der Waals surface area contributed by atoms with Gasteiger partial charge in [0.05, 0.1) is 26.4 Å².